The molecule has 1 atom stereocenters. The third-order valence-corrected chi connectivity index (χ3v) is 3.59. The zero-order valence-corrected chi connectivity index (χ0v) is 11.9. The fourth-order valence-electron chi connectivity index (χ4n) is 2.44. The van der Waals surface area contributed by atoms with Gasteiger partial charge in [-0.3, -0.25) is 14.5 Å². The Morgan fingerprint density at radius 3 is 2.32 bits per heavy atom. The molecule has 2 amide bonds. The number of amides is 2. The fraction of sp³-hybridized carbons (Fsp3) is 0.333. The first-order chi connectivity index (χ1) is 10.4. The summed E-state index contributed by atoms with van der Waals surface area (Å²) in [7, 11) is 0. The average Bonchev–Trinajstić information content (AvgIpc) is 2.72. The number of unbranched alkanes of at least 4 members (excludes halogenated alkanes) is 1. The topological polar surface area (TPSA) is 112 Å². The van der Waals surface area contributed by atoms with Crippen molar-refractivity contribution < 1.29 is 29.4 Å². The minimum atomic E-state index is -1.25. The third kappa shape index (κ3) is 2.57. The lowest BCUT2D eigenvalue weighted by atomic mass is 10.1. The Balaban J connectivity index is 2.40. The zero-order valence-electron chi connectivity index (χ0n) is 11.9. The highest BCUT2D eigenvalue weighted by molar-refractivity contribution is 6.23. The minimum absolute atomic E-state index is 0.0396. The first-order valence-electron chi connectivity index (χ1n) is 6.86. The maximum atomic E-state index is 12.3. The van der Waals surface area contributed by atoms with E-state index >= 15 is 0 Å². The summed E-state index contributed by atoms with van der Waals surface area (Å²) in [6, 6.07) is 2.34. The molecule has 0 aliphatic carbocycles. The first kappa shape index (κ1) is 15.7. The second-order valence-electron chi connectivity index (χ2n) is 5.04. The second kappa shape index (κ2) is 5.97. The lowest BCUT2D eigenvalue weighted by molar-refractivity contribution is -0.141. The van der Waals surface area contributed by atoms with Gasteiger partial charge in [0.05, 0.1) is 16.7 Å². The monoisotopic (exact) mass is 305 g/mol. The quantitative estimate of drug-likeness (QED) is 0.772. The molecule has 0 aromatic heterocycles. The summed E-state index contributed by atoms with van der Waals surface area (Å²) in [6.07, 6.45) is 1.46. The van der Waals surface area contributed by atoms with Crippen LogP contribution in [0.1, 0.15) is 57.3 Å². The largest absolute Gasteiger partial charge is 0.480 e. The zero-order chi connectivity index (χ0) is 16.4. The average molecular weight is 305 g/mol. The number of nitrogens with zero attached hydrogens (tertiary/aromatic N) is 1. The molecule has 7 heteroatoms. The van der Waals surface area contributed by atoms with E-state index in [1.54, 1.807) is 0 Å². The van der Waals surface area contributed by atoms with E-state index in [4.69, 9.17) is 5.11 Å². The number of imide groups is 1. The van der Waals surface area contributed by atoms with E-state index in [2.05, 4.69) is 0 Å². The van der Waals surface area contributed by atoms with E-state index in [-0.39, 0.29) is 23.1 Å². The Morgan fingerprint density at radius 2 is 1.77 bits per heavy atom. The van der Waals surface area contributed by atoms with Crippen molar-refractivity contribution in [2.45, 2.75) is 32.2 Å². The second-order valence-corrected chi connectivity index (χ2v) is 5.04. The number of carboxylic acid groups (broad SMARTS) is 2. The Bertz CT molecular complexity index is 666. The van der Waals surface area contributed by atoms with Crippen LogP contribution in [0.2, 0.25) is 0 Å². The molecule has 7 nitrogen and oxygen atoms in total. The van der Waals surface area contributed by atoms with E-state index in [1.807, 2.05) is 6.92 Å². The number of carbonyl (C=O) groups excluding carboxylic acids is 2. The molecule has 0 radical (unpaired) electrons. The molecular formula is C15H15NO6. The molecule has 116 valence electrons. The molecule has 2 rings (SSSR count). The molecule has 0 saturated heterocycles. The maximum Gasteiger partial charge on any atom is 0.335 e. The van der Waals surface area contributed by atoms with Crippen molar-refractivity contribution in [3.05, 3.63) is 34.9 Å². The van der Waals surface area contributed by atoms with E-state index in [0.29, 0.717) is 11.3 Å². The van der Waals surface area contributed by atoms with Gasteiger partial charge < -0.3 is 10.2 Å². The molecule has 0 fully saturated rings. The van der Waals surface area contributed by atoms with Crippen LogP contribution in [-0.2, 0) is 4.79 Å². The van der Waals surface area contributed by atoms with Crippen LogP contribution in [0, 0.1) is 0 Å². The number of aliphatic carboxylic acids is 1. The molecule has 1 heterocycles. The summed E-state index contributed by atoms with van der Waals surface area (Å²) in [4.78, 5) is 47.7. The number of carboxylic acids is 2. The minimum Gasteiger partial charge on any atom is -0.480 e. The van der Waals surface area contributed by atoms with Crippen molar-refractivity contribution in [2.75, 3.05) is 0 Å². The Morgan fingerprint density at radius 1 is 1.14 bits per heavy atom. The predicted octanol–water partition coefficient (Wildman–Crippen LogP) is 1.62. The normalized spacial score (nSPS) is 14.9. The van der Waals surface area contributed by atoms with Gasteiger partial charge in [0.15, 0.2) is 0 Å². The predicted molar refractivity (Wildman–Crippen MR) is 74.9 cm³/mol. The standard InChI is InChI=1S/C15H15NO6/c1-2-3-4-11(15(21)22)16-12(17)9-6-5-8(14(19)20)7-10(9)13(16)18/h5-7,11H,2-4H2,1H3,(H,19,20)(H,21,22)/t11-/m0/s1. The highest BCUT2D eigenvalue weighted by Gasteiger charge is 2.42. The van der Waals surface area contributed by atoms with Crippen molar-refractivity contribution in [1.29, 1.82) is 0 Å². The van der Waals surface area contributed by atoms with E-state index in [1.165, 1.54) is 12.1 Å². The Hall–Kier alpha value is -2.70. The lowest BCUT2D eigenvalue weighted by Gasteiger charge is -2.22. The van der Waals surface area contributed by atoms with Crippen LogP contribution < -0.4 is 0 Å². The highest BCUT2D eigenvalue weighted by atomic mass is 16.4. The fourth-order valence-corrected chi connectivity index (χ4v) is 2.44. The highest BCUT2D eigenvalue weighted by Crippen LogP contribution is 2.27. The number of fused-ring (bicyclic) bond motifs is 1. The summed E-state index contributed by atoms with van der Waals surface area (Å²) in [5.41, 5.74) is -0.146. The van der Waals surface area contributed by atoms with E-state index < -0.39 is 29.8 Å². The van der Waals surface area contributed by atoms with Crippen LogP contribution in [0.5, 0.6) is 0 Å². The number of rotatable bonds is 6. The van der Waals surface area contributed by atoms with Crippen LogP contribution in [0.4, 0.5) is 0 Å². The summed E-state index contributed by atoms with van der Waals surface area (Å²) in [5, 5.41) is 18.2. The van der Waals surface area contributed by atoms with E-state index in [0.717, 1.165) is 12.5 Å². The van der Waals surface area contributed by atoms with Crippen molar-refractivity contribution >= 4 is 23.8 Å². The van der Waals surface area contributed by atoms with Gasteiger partial charge in [-0.25, -0.2) is 9.59 Å². The summed E-state index contributed by atoms with van der Waals surface area (Å²) in [5.74, 6) is -3.92. The Labute approximate surface area is 126 Å². The molecular weight excluding hydrogens is 290 g/mol. The van der Waals surface area contributed by atoms with Crippen LogP contribution in [0.3, 0.4) is 0 Å². The molecule has 22 heavy (non-hydrogen) atoms. The van der Waals surface area contributed by atoms with Crippen molar-refractivity contribution in [2.24, 2.45) is 0 Å². The van der Waals surface area contributed by atoms with Gasteiger partial charge >= 0.3 is 11.9 Å². The Kier molecular flexibility index (Phi) is 4.25. The van der Waals surface area contributed by atoms with Gasteiger partial charge in [0.2, 0.25) is 0 Å². The number of carbonyl (C=O) groups is 4. The lowest BCUT2D eigenvalue weighted by Crippen LogP contribution is -2.44. The van der Waals surface area contributed by atoms with Crippen LogP contribution in [-0.4, -0.2) is 44.9 Å². The van der Waals surface area contributed by atoms with Gasteiger partial charge in [-0.2, -0.15) is 0 Å². The van der Waals surface area contributed by atoms with Gasteiger partial charge in [0, 0.05) is 0 Å². The van der Waals surface area contributed by atoms with Gasteiger partial charge in [-0.1, -0.05) is 19.8 Å². The molecule has 1 aliphatic heterocycles. The van der Waals surface area contributed by atoms with Gasteiger partial charge in [0.1, 0.15) is 6.04 Å². The number of hydrogen-bond acceptors (Lipinski definition) is 4. The molecule has 2 N–H and O–H groups in total. The van der Waals surface area contributed by atoms with Crippen molar-refractivity contribution in [3.63, 3.8) is 0 Å². The van der Waals surface area contributed by atoms with Crippen LogP contribution in [0.15, 0.2) is 18.2 Å². The number of benzene rings is 1. The number of hydrogen-bond donors (Lipinski definition) is 2. The first-order valence-corrected chi connectivity index (χ1v) is 6.86. The van der Waals surface area contributed by atoms with Crippen molar-refractivity contribution in [3.8, 4) is 0 Å². The molecule has 1 aromatic rings. The molecule has 0 unspecified atom stereocenters. The number of aromatic carboxylic acids is 1. The molecule has 0 saturated carbocycles. The maximum absolute atomic E-state index is 12.3. The summed E-state index contributed by atoms with van der Waals surface area (Å²) >= 11 is 0. The van der Waals surface area contributed by atoms with Crippen LogP contribution >= 0.6 is 0 Å². The molecule has 0 bridgehead atoms. The van der Waals surface area contributed by atoms with Gasteiger partial charge in [-0.05, 0) is 24.6 Å². The third-order valence-electron chi connectivity index (χ3n) is 3.59. The molecule has 1 aliphatic rings. The molecule has 1 aromatic carbocycles. The summed E-state index contributed by atoms with van der Waals surface area (Å²) < 4.78 is 0. The van der Waals surface area contributed by atoms with Crippen molar-refractivity contribution in [1.82, 2.24) is 4.90 Å². The van der Waals surface area contributed by atoms with Gasteiger partial charge in [-0.15, -0.1) is 0 Å². The summed E-state index contributed by atoms with van der Waals surface area (Å²) in [6.45, 7) is 1.88. The molecule has 0 spiro atoms. The smallest absolute Gasteiger partial charge is 0.335 e. The van der Waals surface area contributed by atoms with E-state index in [9.17, 15) is 24.3 Å². The van der Waals surface area contributed by atoms with Gasteiger partial charge in [0.25, 0.3) is 11.8 Å². The SMILES string of the molecule is CCCC[C@@H](C(=O)O)N1C(=O)c2ccc(C(=O)O)cc2C1=O. The van der Waals surface area contributed by atoms with Crippen LogP contribution in [0.25, 0.3) is 0 Å².